The van der Waals surface area contributed by atoms with Crippen molar-refractivity contribution in [1.82, 2.24) is 9.78 Å². The normalized spacial score (nSPS) is 19.2. The number of aromatic amines is 1. The molecule has 1 N–H and O–H groups in total. The van der Waals surface area contributed by atoms with Crippen molar-refractivity contribution in [2.24, 2.45) is 5.92 Å². The highest BCUT2D eigenvalue weighted by molar-refractivity contribution is 7.71. The molecule has 0 amide bonds. The maximum absolute atomic E-state index is 12.4. The van der Waals surface area contributed by atoms with Crippen LogP contribution in [0.1, 0.15) is 31.5 Å². The van der Waals surface area contributed by atoms with Crippen molar-refractivity contribution in [2.45, 2.75) is 32.0 Å². The predicted octanol–water partition coefficient (Wildman–Crippen LogP) is 3.54. The van der Waals surface area contributed by atoms with Crippen LogP contribution in [0, 0.1) is 10.6 Å². The van der Waals surface area contributed by atoms with Crippen LogP contribution in [0.25, 0.3) is 0 Å². The first-order chi connectivity index (χ1) is 6.89. The molecule has 1 aromatic heterocycles. The van der Waals surface area contributed by atoms with E-state index < -0.39 is 11.9 Å². The third-order valence-electron chi connectivity index (χ3n) is 2.76. The maximum Gasteiger partial charge on any atom is 0.432 e. The lowest BCUT2D eigenvalue weighted by Crippen LogP contribution is -2.12. The van der Waals surface area contributed by atoms with Gasteiger partial charge in [-0.15, -0.1) is 0 Å². The van der Waals surface area contributed by atoms with E-state index in [9.17, 15) is 13.2 Å². The Kier molecular flexibility index (Phi) is 2.41. The van der Waals surface area contributed by atoms with Gasteiger partial charge in [0.2, 0.25) is 0 Å². The number of hydrogen-bond acceptors (Lipinski definition) is 1. The highest BCUT2D eigenvalue weighted by Gasteiger charge is 2.35. The Hall–Kier alpha value is -0.780. The van der Waals surface area contributed by atoms with Crippen LogP contribution in [-0.4, -0.2) is 9.78 Å². The molecule has 0 saturated heterocycles. The van der Waals surface area contributed by atoms with E-state index in [0.29, 0.717) is 5.92 Å². The fourth-order valence-electron chi connectivity index (χ4n) is 1.65. The third-order valence-corrected chi connectivity index (χ3v) is 3.08. The first kappa shape index (κ1) is 10.7. The summed E-state index contributed by atoms with van der Waals surface area (Å²) >= 11 is 4.90. The van der Waals surface area contributed by atoms with Crippen molar-refractivity contribution >= 4 is 12.2 Å². The molecule has 1 saturated carbocycles. The summed E-state index contributed by atoms with van der Waals surface area (Å²) in [6, 6.07) is 1.02. The van der Waals surface area contributed by atoms with Crippen molar-refractivity contribution in [3.63, 3.8) is 0 Å². The largest absolute Gasteiger partial charge is 0.432 e. The molecule has 1 aromatic rings. The minimum absolute atomic E-state index is 0.0357. The van der Waals surface area contributed by atoms with Crippen molar-refractivity contribution < 1.29 is 13.2 Å². The molecule has 1 fully saturated rings. The SMILES string of the molecule is CC(C1CC1)n1[nH]c(C(F)(F)F)cc1=S. The smallest absolute Gasteiger partial charge is 0.293 e. The molecule has 0 radical (unpaired) electrons. The maximum atomic E-state index is 12.4. The molecule has 1 aliphatic rings. The second-order valence-corrected chi connectivity index (χ2v) is 4.37. The van der Waals surface area contributed by atoms with Gasteiger partial charge in [0.15, 0.2) is 0 Å². The third kappa shape index (κ3) is 2.09. The number of nitrogens with one attached hydrogen (secondary N) is 1. The van der Waals surface area contributed by atoms with E-state index in [1.54, 1.807) is 0 Å². The molecule has 2 nitrogen and oxygen atoms in total. The van der Waals surface area contributed by atoms with E-state index in [-0.39, 0.29) is 10.7 Å². The van der Waals surface area contributed by atoms with E-state index in [1.807, 2.05) is 6.92 Å². The second kappa shape index (κ2) is 3.37. The van der Waals surface area contributed by atoms with Crippen molar-refractivity contribution in [3.05, 3.63) is 16.4 Å². The summed E-state index contributed by atoms with van der Waals surface area (Å²) in [5.41, 5.74) is -0.764. The average molecular weight is 236 g/mol. The Morgan fingerprint density at radius 1 is 1.53 bits per heavy atom. The van der Waals surface area contributed by atoms with E-state index in [1.165, 1.54) is 4.68 Å². The van der Waals surface area contributed by atoms with Crippen LogP contribution in [0.15, 0.2) is 6.07 Å². The van der Waals surface area contributed by atoms with Crippen LogP contribution < -0.4 is 0 Å². The number of halogens is 3. The van der Waals surface area contributed by atoms with Crippen LogP contribution >= 0.6 is 12.2 Å². The van der Waals surface area contributed by atoms with Gasteiger partial charge in [0.25, 0.3) is 0 Å². The van der Waals surface area contributed by atoms with E-state index in [2.05, 4.69) is 5.10 Å². The molecule has 6 heteroatoms. The molecule has 1 atom stereocenters. The molecule has 84 valence electrons. The summed E-state index contributed by atoms with van der Waals surface area (Å²) < 4.78 is 38.8. The number of nitrogens with zero attached hydrogens (tertiary/aromatic N) is 1. The molecule has 1 unspecified atom stereocenters. The fourth-order valence-corrected chi connectivity index (χ4v) is 1.98. The lowest BCUT2D eigenvalue weighted by Gasteiger charge is -2.12. The first-order valence-corrected chi connectivity index (χ1v) is 5.19. The molecule has 1 aliphatic carbocycles. The number of rotatable bonds is 2. The average Bonchev–Trinajstić information content (AvgIpc) is 2.87. The molecular weight excluding hydrogens is 225 g/mol. The van der Waals surface area contributed by atoms with Gasteiger partial charge in [-0.05, 0) is 25.7 Å². The summed E-state index contributed by atoms with van der Waals surface area (Å²) in [7, 11) is 0. The van der Waals surface area contributed by atoms with Gasteiger partial charge >= 0.3 is 6.18 Å². The molecule has 15 heavy (non-hydrogen) atoms. The van der Waals surface area contributed by atoms with Crippen molar-refractivity contribution in [3.8, 4) is 0 Å². The fraction of sp³-hybridized carbons (Fsp3) is 0.667. The number of alkyl halides is 3. The molecule has 0 aliphatic heterocycles. The summed E-state index contributed by atoms with van der Waals surface area (Å²) in [6.07, 6.45) is -2.20. The Labute approximate surface area is 90.1 Å². The van der Waals surface area contributed by atoms with Gasteiger partial charge < -0.3 is 0 Å². The van der Waals surface area contributed by atoms with E-state index in [4.69, 9.17) is 12.2 Å². The summed E-state index contributed by atoms with van der Waals surface area (Å²) in [6.45, 7) is 1.89. The molecule has 0 aromatic carbocycles. The molecule has 1 heterocycles. The van der Waals surface area contributed by atoms with Gasteiger partial charge in [-0.2, -0.15) is 13.2 Å². The second-order valence-electron chi connectivity index (χ2n) is 3.95. The van der Waals surface area contributed by atoms with Gasteiger partial charge in [0.1, 0.15) is 10.3 Å². The predicted molar refractivity (Wildman–Crippen MR) is 52.1 cm³/mol. The van der Waals surface area contributed by atoms with Crippen LogP contribution in [0.5, 0.6) is 0 Å². The monoisotopic (exact) mass is 236 g/mol. The molecule has 2 rings (SSSR count). The topological polar surface area (TPSA) is 20.7 Å². The van der Waals surface area contributed by atoms with Crippen LogP contribution in [-0.2, 0) is 6.18 Å². The van der Waals surface area contributed by atoms with Gasteiger partial charge in [-0.3, -0.25) is 9.78 Å². The van der Waals surface area contributed by atoms with Gasteiger partial charge in [0, 0.05) is 6.07 Å². The standard InChI is InChI=1S/C9H11F3N2S/c1-5(6-2-3-6)14-8(15)4-7(13-14)9(10,11)12/h4-6,13H,2-3H2,1H3. The molecule has 0 bridgehead atoms. The Morgan fingerprint density at radius 2 is 2.13 bits per heavy atom. The lowest BCUT2D eigenvalue weighted by molar-refractivity contribution is -0.141. The van der Waals surface area contributed by atoms with Crippen LogP contribution in [0.4, 0.5) is 13.2 Å². The minimum atomic E-state index is -4.35. The highest BCUT2D eigenvalue weighted by atomic mass is 32.1. The molecular formula is C9H11F3N2S. The van der Waals surface area contributed by atoms with E-state index >= 15 is 0 Å². The minimum Gasteiger partial charge on any atom is -0.293 e. The van der Waals surface area contributed by atoms with Gasteiger partial charge in [0.05, 0.1) is 6.04 Å². The van der Waals surface area contributed by atoms with Crippen molar-refractivity contribution in [2.75, 3.05) is 0 Å². The highest BCUT2D eigenvalue weighted by Crippen LogP contribution is 2.40. The zero-order valence-corrected chi connectivity index (χ0v) is 8.95. The lowest BCUT2D eigenvalue weighted by atomic mass is 10.2. The first-order valence-electron chi connectivity index (χ1n) is 4.78. The van der Waals surface area contributed by atoms with Crippen LogP contribution in [0.2, 0.25) is 0 Å². The number of H-pyrrole nitrogens is 1. The zero-order valence-electron chi connectivity index (χ0n) is 8.14. The zero-order chi connectivity index (χ0) is 11.2. The Bertz CT molecular complexity index is 414. The summed E-state index contributed by atoms with van der Waals surface area (Å²) in [5.74, 6) is 0.469. The quantitative estimate of drug-likeness (QED) is 0.779. The van der Waals surface area contributed by atoms with Crippen molar-refractivity contribution in [1.29, 1.82) is 0 Å². The Balaban J connectivity index is 2.33. The van der Waals surface area contributed by atoms with Gasteiger partial charge in [-0.25, -0.2) is 0 Å². The summed E-state index contributed by atoms with van der Waals surface area (Å²) in [4.78, 5) is 0. The molecule has 0 spiro atoms. The number of hydrogen-bond donors (Lipinski definition) is 1. The van der Waals surface area contributed by atoms with Gasteiger partial charge in [-0.1, -0.05) is 12.2 Å². The summed E-state index contributed by atoms with van der Waals surface area (Å²) in [5, 5.41) is 2.33. The Morgan fingerprint density at radius 3 is 2.53 bits per heavy atom. The number of aromatic nitrogens is 2. The van der Waals surface area contributed by atoms with E-state index in [0.717, 1.165) is 18.9 Å². The van der Waals surface area contributed by atoms with Crippen LogP contribution in [0.3, 0.4) is 0 Å².